The molecule has 0 spiro atoms. The first-order valence-electron chi connectivity index (χ1n) is 11.3. The molecule has 33 heavy (non-hydrogen) atoms. The van der Waals surface area contributed by atoms with Crippen molar-refractivity contribution in [3.05, 3.63) is 77.1 Å². The molecular formula is C26H31NO5S. The van der Waals surface area contributed by atoms with E-state index in [2.05, 4.69) is 0 Å². The summed E-state index contributed by atoms with van der Waals surface area (Å²) in [7, 11) is -3.74. The van der Waals surface area contributed by atoms with Gasteiger partial charge in [-0.05, 0) is 58.2 Å². The number of rotatable bonds is 4. The first-order valence-corrected chi connectivity index (χ1v) is 12.7. The zero-order valence-corrected chi connectivity index (χ0v) is 20.3. The Balaban J connectivity index is 1.76. The Kier molecular flexibility index (Phi) is 6.14. The van der Waals surface area contributed by atoms with E-state index in [9.17, 15) is 18.3 Å². The molecular weight excluding hydrogens is 438 g/mol. The molecule has 0 unspecified atom stereocenters. The molecule has 2 aliphatic rings. The number of hydrogen-bond acceptors (Lipinski definition) is 5. The number of nitrogens with zero attached hydrogens (tertiary/aromatic N) is 1. The second kappa shape index (κ2) is 8.61. The monoisotopic (exact) mass is 469 g/mol. The molecule has 1 aliphatic heterocycles. The first kappa shape index (κ1) is 23.5. The van der Waals surface area contributed by atoms with Crippen LogP contribution in [0.5, 0.6) is 0 Å². The zero-order chi connectivity index (χ0) is 24.0. The van der Waals surface area contributed by atoms with E-state index >= 15 is 0 Å². The normalized spacial score (nSPS) is 23.9. The van der Waals surface area contributed by atoms with E-state index in [1.807, 2.05) is 37.3 Å². The molecule has 3 atom stereocenters. The van der Waals surface area contributed by atoms with Crippen molar-refractivity contribution >= 4 is 16.0 Å². The second-order valence-electron chi connectivity index (χ2n) is 9.89. The van der Waals surface area contributed by atoms with Crippen LogP contribution >= 0.6 is 0 Å². The summed E-state index contributed by atoms with van der Waals surface area (Å²) in [4.78, 5) is 13.4. The van der Waals surface area contributed by atoms with Gasteiger partial charge in [-0.2, -0.15) is 4.31 Å². The topological polar surface area (TPSA) is 83.9 Å². The average Bonchev–Trinajstić information content (AvgIpc) is 3.18. The molecule has 2 aromatic rings. The fourth-order valence-corrected chi connectivity index (χ4v) is 6.56. The maximum atomic E-state index is 13.5. The van der Waals surface area contributed by atoms with Crippen molar-refractivity contribution in [1.29, 1.82) is 0 Å². The minimum Gasteiger partial charge on any atom is -0.511 e. The highest BCUT2D eigenvalue weighted by atomic mass is 32.2. The molecule has 7 heteroatoms. The average molecular weight is 470 g/mol. The second-order valence-corrected chi connectivity index (χ2v) is 11.8. The van der Waals surface area contributed by atoms with Gasteiger partial charge in [0.05, 0.1) is 10.5 Å². The van der Waals surface area contributed by atoms with Crippen LogP contribution in [0.1, 0.15) is 50.7 Å². The predicted octanol–water partition coefficient (Wildman–Crippen LogP) is 4.72. The Morgan fingerprint density at radius 1 is 1.06 bits per heavy atom. The molecule has 6 nitrogen and oxygen atoms in total. The van der Waals surface area contributed by atoms with Crippen molar-refractivity contribution in [1.82, 2.24) is 4.31 Å². The molecule has 4 rings (SSSR count). The molecule has 1 heterocycles. The number of benzene rings is 2. The molecule has 0 aromatic heterocycles. The fourth-order valence-electron chi connectivity index (χ4n) is 4.88. The molecule has 0 radical (unpaired) electrons. The van der Waals surface area contributed by atoms with E-state index in [0.717, 1.165) is 11.1 Å². The lowest BCUT2D eigenvalue weighted by Crippen LogP contribution is -2.43. The summed E-state index contributed by atoms with van der Waals surface area (Å²) in [5.41, 5.74) is 1.37. The highest BCUT2D eigenvalue weighted by molar-refractivity contribution is 7.89. The van der Waals surface area contributed by atoms with E-state index in [4.69, 9.17) is 4.74 Å². The van der Waals surface area contributed by atoms with Gasteiger partial charge in [0, 0.05) is 24.4 Å². The van der Waals surface area contributed by atoms with Crippen LogP contribution in [0.3, 0.4) is 0 Å². The van der Waals surface area contributed by atoms with Gasteiger partial charge in [-0.15, -0.1) is 0 Å². The lowest BCUT2D eigenvalue weighted by atomic mass is 9.75. The van der Waals surface area contributed by atoms with Crippen LogP contribution in [0.15, 0.2) is 70.8 Å². The lowest BCUT2D eigenvalue weighted by molar-refractivity contribution is -0.150. The number of aryl methyl sites for hydroxylation is 1. The Hall–Kier alpha value is -2.64. The van der Waals surface area contributed by atoms with Gasteiger partial charge in [0.15, 0.2) is 0 Å². The summed E-state index contributed by atoms with van der Waals surface area (Å²) in [6, 6.07) is 15.8. The molecule has 176 valence electrons. The molecule has 1 saturated heterocycles. The maximum absolute atomic E-state index is 13.5. The summed E-state index contributed by atoms with van der Waals surface area (Å²) in [6.45, 7) is 7.57. The number of sulfonamides is 1. The Labute approximate surface area is 195 Å². The maximum Gasteiger partial charge on any atom is 0.338 e. The largest absolute Gasteiger partial charge is 0.511 e. The van der Waals surface area contributed by atoms with Crippen LogP contribution < -0.4 is 0 Å². The minimum absolute atomic E-state index is 0.0454. The van der Waals surface area contributed by atoms with Crippen LogP contribution in [0.25, 0.3) is 0 Å². The number of carbonyl (C=O) groups excluding carboxylic acids is 1. The fraction of sp³-hybridized carbons (Fsp3) is 0.423. The summed E-state index contributed by atoms with van der Waals surface area (Å²) in [5.74, 6) is -1.49. The number of aliphatic hydroxyl groups excluding tert-OH is 1. The first-order chi connectivity index (χ1) is 15.5. The van der Waals surface area contributed by atoms with Crippen LogP contribution in [-0.2, 0) is 19.6 Å². The quantitative estimate of drug-likeness (QED) is 0.656. The number of fused-ring (bicyclic) bond motifs is 1. The van der Waals surface area contributed by atoms with Crippen molar-refractivity contribution in [2.45, 2.75) is 63.0 Å². The van der Waals surface area contributed by atoms with Gasteiger partial charge in [-0.1, -0.05) is 48.0 Å². The van der Waals surface area contributed by atoms with E-state index in [1.54, 1.807) is 45.0 Å². The van der Waals surface area contributed by atoms with Gasteiger partial charge in [0.25, 0.3) is 0 Å². The molecule has 0 amide bonds. The molecule has 0 saturated carbocycles. The molecule has 2 aromatic carbocycles. The summed E-state index contributed by atoms with van der Waals surface area (Å²) in [5, 5.41) is 11.3. The third kappa shape index (κ3) is 4.57. The van der Waals surface area contributed by atoms with Gasteiger partial charge in [-0.3, -0.25) is 0 Å². The lowest BCUT2D eigenvalue weighted by Gasteiger charge is -2.37. The predicted molar refractivity (Wildman–Crippen MR) is 126 cm³/mol. The van der Waals surface area contributed by atoms with Gasteiger partial charge < -0.3 is 9.84 Å². The Morgan fingerprint density at radius 2 is 1.70 bits per heavy atom. The van der Waals surface area contributed by atoms with E-state index < -0.39 is 39.5 Å². The SMILES string of the molecule is Cc1ccc(S(=O)(=O)N2CC[C@H]3C(O)=C(C(=O)OC(C)(C)C)[C@@H](c4ccccc4)C[C@H]32)cc1. The zero-order valence-electron chi connectivity index (χ0n) is 19.5. The van der Waals surface area contributed by atoms with Gasteiger partial charge in [0.1, 0.15) is 11.4 Å². The van der Waals surface area contributed by atoms with E-state index in [1.165, 1.54) is 4.31 Å². The standard InChI is InChI=1S/C26H31NO5S/c1-17-10-12-19(13-11-17)33(30,31)27-15-14-20-22(27)16-21(18-8-6-5-7-9-18)23(24(20)28)25(29)32-26(2,3)4/h5-13,20-22,28H,14-16H2,1-4H3/t20-,21-,22-/m1/s1. The third-order valence-corrected chi connectivity index (χ3v) is 8.33. The van der Waals surface area contributed by atoms with E-state index in [0.29, 0.717) is 19.4 Å². The summed E-state index contributed by atoms with van der Waals surface area (Å²) < 4.78 is 34.1. The van der Waals surface area contributed by atoms with Crippen molar-refractivity contribution in [3.63, 3.8) is 0 Å². The number of hydrogen-bond donors (Lipinski definition) is 1. The molecule has 1 N–H and O–H groups in total. The molecule has 0 bridgehead atoms. The number of esters is 1. The smallest absolute Gasteiger partial charge is 0.338 e. The minimum atomic E-state index is -3.74. The van der Waals surface area contributed by atoms with Crippen molar-refractivity contribution in [3.8, 4) is 0 Å². The highest BCUT2D eigenvalue weighted by Gasteiger charge is 2.50. The van der Waals surface area contributed by atoms with Crippen LogP contribution in [0, 0.1) is 12.8 Å². The molecule has 1 fully saturated rings. The van der Waals surface area contributed by atoms with Gasteiger partial charge >= 0.3 is 5.97 Å². The summed E-state index contributed by atoms with van der Waals surface area (Å²) >= 11 is 0. The summed E-state index contributed by atoms with van der Waals surface area (Å²) in [6.07, 6.45) is 0.855. The van der Waals surface area contributed by atoms with Gasteiger partial charge in [0.2, 0.25) is 10.0 Å². The Bertz CT molecular complexity index is 1160. The van der Waals surface area contributed by atoms with Crippen molar-refractivity contribution in [2.75, 3.05) is 6.54 Å². The van der Waals surface area contributed by atoms with Crippen molar-refractivity contribution in [2.24, 2.45) is 5.92 Å². The molecule has 1 aliphatic carbocycles. The number of ether oxygens (including phenoxy) is 1. The van der Waals surface area contributed by atoms with Crippen LogP contribution in [-0.4, -0.2) is 42.0 Å². The third-order valence-electron chi connectivity index (χ3n) is 6.40. The number of carbonyl (C=O) groups is 1. The highest BCUT2D eigenvalue weighted by Crippen LogP contribution is 2.47. The van der Waals surface area contributed by atoms with Crippen LogP contribution in [0.2, 0.25) is 0 Å². The van der Waals surface area contributed by atoms with Gasteiger partial charge in [-0.25, -0.2) is 13.2 Å². The van der Waals surface area contributed by atoms with Crippen LogP contribution in [0.4, 0.5) is 0 Å². The Morgan fingerprint density at radius 3 is 2.30 bits per heavy atom. The van der Waals surface area contributed by atoms with E-state index in [-0.39, 0.29) is 16.2 Å². The number of aliphatic hydroxyl groups is 1. The van der Waals surface area contributed by atoms with Crippen molar-refractivity contribution < 1.29 is 23.1 Å².